The second-order valence-corrected chi connectivity index (χ2v) is 13.5. The van der Waals surface area contributed by atoms with E-state index in [1.807, 2.05) is 39.0 Å². The van der Waals surface area contributed by atoms with Crippen molar-refractivity contribution in [2.24, 2.45) is 0 Å². The molecule has 1 fully saturated rings. The molecule has 1 aliphatic heterocycles. The van der Waals surface area contributed by atoms with E-state index in [0.717, 1.165) is 49.5 Å². The molecule has 1 atom stereocenters. The van der Waals surface area contributed by atoms with Gasteiger partial charge in [-0.3, -0.25) is 4.90 Å². The Labute approximate surface area is 279 Å². The fourth-order valence-corrected chi connectivity index (χ4v) is 6.43. The molecule has 1 saturated heterocycles. The Morgan fingerprint density at radius 2 is 1.43 bits per heavy atom. The molecule has 0 bridgehead atoms. The van der Waals surface area contributed by atoms with Gasteiger partial charge < -0.3 is 19.1 Å². The number of carbonyl (C=O) groups is 1. The number of allylic oxidation sites excluding steroid dienone is 1. The molecular weight excluding hydrogens is 584 g/mol. The average Bonchev–Trinajstić information content (AvgIpc) is 3.07. The fourth-order valence-electron chi connectivity index (χ4n) is 6.43. The fraction of sp³-hybridized carbons (Fsp3) is 0.341. The number of hydrogen-bond donors (Lipinski definition) is 0. The van der Waals surface area contributed by atoms with E-state index >= 15 is 0 Å². The molecule has 2 aliphatic rings. The number of carbonyl (C=O) groups excluding carboxylic acids is 1. The minimum absolute atomic E-state index is 0.0118. The summed E-state index contributed by atoms with van der Waals surface area (Å²) in [5.41, 5.74) is 8.33. The summed E-state index contributed by atoms with van der Waals surface area (Å²) in [5, 5.41) is 0. The quantitative estimate of drug-likeness (QED) is 0.186. The molecule has 6 heteroatoms. The van der Waals surface area contributed by atoms with Crippen molar-refractivity contribution in [3.05, 3.63) is 131 Å². The summed E-state index contributed by atoms with van der Waals surface area (Å²) in [5.74, 6) is 1.76. The van der Waals surface area contributed by atoms with Gasteiger partial charge in [-0.1, -0.05) is 78.9 Å². The van der Waals surface area contributed by atoms with Crippen LogP contribution in [0.2, 0.25) is 0 Å². The molecule has 47 heavy (non-hydrogen) atoms. The lowest BCUT2D eigenvalue weighted by Crippen LogP contribution is -2.51. The van der Waals surface area contributed by atoms with E-state index in [9.17, 15) is 4.79 Å². The van der Waals surface area contributed by atoms with Gasteiger partial charge in [-0.25, -0.2) is 4.79 Å². The number of amides is 1. The zero-order valence-electron chi connectivity index (χ0n) is 28.1. The highest BCUT2D eigenvalue weighted by Crippen LogP contribution is 2.42. The zero-order chi connectivity index (χ0) is 32.8. The largest absolute Gasteiger partial charge is 0.489 e. The van der Waals surface area contributed by atoms with Crippen LogP contribution in [-0.4, -0.2) is 60.3 Å². The Morgan fingerprint density at radius 1 is 0.766 bits per heavy atom. The highest BCUT2D eigenvalue weighted by atomic mass is 16.6. The zero-order valence-corrected chi connectivity index (χ0v) is 28.1. The molecule has 4 aromatic rings. The van der Waals surface area contributed by atoms with E-state index in [2.05, 4.69) is 96.8 Å². The van der Waals surface area contributed by atoms with Crippen molar-refractivity contribution < 1.29 is 19.0 Å². The maximum absolute atomic E-state index is 12.4. The number of fused-ring (bicyclic) bond motifs is 1. The number of rotatable bonds is 9. The number of hydrogen-bond acceptors (Lipinski definition) is 5. The molecule has 0 N–H and O–H groups in total. The topological polar surface area (TPSA) is 51.2 Å². The summed E-state index contributed by atoms with van der Waals surface area (Å²) < 4.78 is 18.1. The third kappa shape index (κ3) is 8.44. The number of aryl methyl sites for hydroxylation is 1. The highest BCUT2D eigenvalue weighted by Gasteiger charge is 2.27. The molecule has 6 nitrogen and oxygen atoms in total. The third-order valence-electron chi connectivity index (χ3n) is 8.68. The van der Waals surface area contributed by atoms with Gasteiger partial charge in [0.15, 0.2) is 0 Å². The molecule has 1 aliphatic carbocycles. The van der Waals surface area contributed by atoms with Crippen molar-refractivity contribution in [3.63, 3.8) is 0 Å². The predicted molar refractivity (Wildman–Crippen MR) is 189 cm³/mol. The van der Waals surface area contributed by atoms with Crippen molar-refractivity contribution in [1.82, 2.24) is 9.80 Å². The summed E-state index contributed by atoms with van der Waals surface area (Å²) in [6.45, 7) is 12.1. The highest BCUT2D eigenvalue weighted by molar-refractivity contribution is 6.00. The van der Waals surface area contributed by atoms with Crippen LogP contribution in [0.5, 0.6) is 11.5 Å². The molecular formula is C41H46N2O4. The Morgan fingerprint density at radius 3 is 2.11 bits per heavy atom. The summed E-state index contributed by atoms with van der Waals surface area (Å²) in [6.07, 6.45) is 1.71. The SMILES string of the molecule is C[C@@H](CN1CCN(C(=O)OC(C)(C)C)CC1)Oc1ccc(C2=C(c3ccccc3)CCc3cc(OCc4ccccc4)ccc32)cc1. The van der Waals surface area contributed by atoms with Crippen LogP contribution in [0.25, 0.3) is 11.1 Å². The molecule has 0 aromatic heterocycles. The Kier molecular flexibility index (Phi) is 9.98. The molecule has 4 aromatic carbocycles. The van der Waals surface area contributed by atoms with Crippen LogP contribution in [0.3, 0.4) is 0 Å². The minimum atomic E-state index is -0.479. The van der Waals surface area contributed by atoms with Crippen molar-refractivity contribution in [1.29, 1.82) is 0 Å². The molecule has 0 unspecified atom stereocenters. The van der Waals surface area contributed by atoms with Crippen LogP contribution in [-0.2, 0) is 17.8 Å². The van der Waals surface area contributed by atoms with Gasteiger partial charge in [0.05, 0.1) is 0 Å². The Balaban J connectivity index is 1.14. The first kappa shape index (κ1) is 32.4. The first-order valence-electron chi connectivity index (χ1n) is 16.8. The number of piperazine rings is 1. The van der Waals surface area contributed by atoms with E-state index in [1.54, 1.807) is 4.90 Å². The first-order chi connectivity index (χ1) is 22.7. The maximum Gasteiger partial charge on any atom is 0.410 e. The molecule has 0 radical (unpaired) electrons. The number of ether oxygens (including phenoxy) is 3. The third-order valence-corrected chi connectivity index (χ3v) is 8.68. The van der Waals surface area contributed by atoms with Gasteiger partial charge in [0, 0.05) is 32.7 Å². The normalized spacial score (nSPS) is 16.0. The average molecular weight is 631 g/mol. The van der Waals surface area contributed by atoms with Gasteiger partial charge in [-0.2, -0.15) is 0 Å². The van der Waals surface area contributed by atoms with E-state index in [4.69, 9.17) is 14.2 Å². The van der Waals surface area contributed by atoms with E-state index in [-0.39, 0.29) is 12.2 Å². The molecule has 0 spiro atoms. The Hall–Kier alpha value is -4.55. The summed E-state index contributed by atoms with van der Waals surface area (Å²) in [6, 6.07) is 36.1. The van der Waals surface area contributed by atoms with Crippen LogP contribution < -0.4 is 9.47 Å². The Bertz CT molecular complexity index is 1670. The van der Waals surface area contributed by atoms with Crippen LogP contribution in [0.1, 0.15) is 61.9 Å². The van der Waals surface area contributed by atoms with Crippen LogP contribution >= 0.6 is 0 Å². The van der Waals surface area contributed by atoms with Gasteiger partial charge in [-0.05, 0) is 104 Å². The van der Waals surface area contributed by atoms with Crippen molar-refractivity contribution in [2.45, 2.75) is 58.8 Å². The van der Waals surface area contributed by atoms with Crippen LogP contribution in [0.15, 0.2) is 103 Å². The summed E-state index contributed by atoms with van der Waals surface area (Å²) in [4.78, 5) is 16.6. The van der Waals surface area contributed by atoms with Crippen LogP contribution in [0, 0.1) is 0 Å². The standard InChI is InChI=1S/C41H46N2O4/c1-30(28-42-23-25-43(26-24-42)40(44)47-41(2,3)4)46-35-18-15-33(16-19-35)39-37(32-13-9-6-10-14-32)21-17-34-27-36(20-22-38(34)39)45-29-31-11-7-5-8-12-31/h5-16,18-20,22,27,30H,17,21,23-26,28-29H2,1-4H3/t30-/m0/s1. The second kappa shape index (κ2) is 14.5. The second-order valence-electron chi connectivity index (χ2n) is 13.5. The van der Waals surface area contributed by atoms with Crippen molar-refractivity contribution >= 4 is 17.2 Å². The molecule has 1 amide bonds. The van der Waals surface area contributed by atoms with E-state index in [0.29, 0.717) is 19.7 Å². The van der Waals surface area contributed by atoms with Gasteiger partial charge >= 0.3 is 6.09 Å². The lowest BCUT2D eigenvalue weighted by molar-refractivity contribution is 0.0118. The molecule has 1 heterocycles. The smallest absolute Gasteiger partial charge is 0.410 e. The van der Waals surface area contributed by atoms with Crippen LogP contribution in [0.4, 0.5) is 4.79 Å². The summed E-state index contributed by atoms with van der Waals surface area (Å²) in [7, 11) is 0. The lowest BCUT2D eigenvalue weighted by Gasteiger charge is -2.36. The van der Waals surface area contributed by atoms with E-state index in [1.165, 1.54) is 33.4 Å². The molecule has 0 saturated carbocycles. The number of benzene rings is 4. The number of nitrogens with zero attached hydrogens (tertiary/aromatic N) is 2. The minimum Gasteiger partial charge on any atom is -0.489 e. The first-order valence-corrected chi connectivity index (χ1v) is 16.8. The molecule has 6 rings (SSSR count). The van der Waals surface area contributed by atoms with E-state index < -0.39 is 5.60 Å². The molecule has 244 valence electrons. The van der Waals surface area contributed by atoms with Crippen molar-refractivity contribution in [3.8, 4) is 11.5 Å². The monoisotopic (exact) mass is 630 g/mol. The summed E-state index contributed by atoms with van der Waals surface area (Å²) >= 11 is 0. The van der Waals surface area contributed by atoms with Crippen molar-refractivity contribution in [2.75, 3.05) is 32.7 Å². The maximum atomic E-state index is 12.4. The van der Waals surface area contributed by atoms with Gasteiger partial charge in [0.25, 0.3) is 0 Å². The van der Waals surface area contributed by atoms with Gasteiger partial charge in [0.1, 0.15) is 29.8 Å². The predicted octanol–water partition coefficient (Wildman–Crippen LogP) is 8.49. The van der Waals surface area contributed by atoms with Gasteiger partial charge in [-0.15, -0.1) is 0 Å². The van der Waals surface area contributed by atoms with Gasteiger partial charge in [0.2, 0.25) is 0 Å². The lowest BCUT2D eigenvalue weighted by atomic mass is 9.79.